The Bertz CT molecular complexity index is 4570. The molecule has 26 nitrogen and oxygen atoms in total. The van der Waals surface area contributed by atoms with Crippen LogP contribution in [0.3, 0.4) is 0 Å². The second-order valence-corrected chi connectivity index (χ2v) is 32.9. The Morgan fingerprint density at radius 3 is 0.890 bits per heavy atom. The number of carbonyl (C=O) groups excluding carboxylic acids is 9. The predicted octanol–water partition coefficient (Wildman–Crippen LogP) is 17.5. The molecule has 9 rings (SSSR count). The van der Waals surface area contributed by atoms with Gasteiger partial charge in [0.15, 0.2) is 18.7 Å². The minimum absolute atomic E-state index is 0.0785. The lowest BCUT2D eigenvalue weighted by molar-refractivity contribution is -0.274. The topological polar surface area (TPSA) is 265 Å². The van der Waals surface area contributed by atoms with Crippen molar-refractivity contribution in [1.29, 1.82) is 0 Å². The second-order valence-electron chi connectivity index (χ2n) is 32.9. The van der Waals surface area contributed by atoms with Crippen molar-refractivity contribution in [3.63, 3.8) is 0 Å². The van der Waals surface area contributed by atoms with E-state index in [0.717, 1.165) is 65.7 Å². The first-order valence-electron chi connectivity index (χ1n) is 43.9. The Morgan fingerprint density at radius 1 is 0.370 bits per heavy atom. The Kier molecular flexibility index (Phi) is 37.9. The van der Waals surface area contributed by atoms with Gasteiger partial charge in [-0.1, -0.05) is 118 Å². The number of likely N-dealkylation sites (N-methyl/N-ethyl adjacent to an activating group) is 6. The zero-order chi connectivity index (χ0) is 94.1. The first kappa shape index (κ1) is 103. The van der Waals surface area contributed by atoms with Crippen molar-refractivity contribution < 1.29 is 93.2 Å². The van der Waals surface area contributed by atoms with Crippen LogP contribution >= 0.6 is 0 Å². The van der Waals surface area contributed by atoms with Crippen molar-refractivity contribution in [1.82, 2.24) is 60.0 Å². The van der Waals surface area contributed by atoms with Gasteiger partial charge in [-0.25, -0.2) is 29.1 Å². The zero-order valence-electron chi connectivity index (χ0n) is 77.0. The number of amides is 12. The van der Waals surface area contributed by atoms with Crippen molar-refractivity contribution in [3.05, 3.63) is 185 Å². The van der Waals surface area contributed by atoms with Crippen molar-refractivity contribution >= 4 is 53.5 Å². The van der Waals surface area contributed by atoms with Crippen molar-refractivity contribution in [2.45, 2.75) is 203 Å². The van der Waals surface area contributed by atoms with E-state index >= 15 is 0 Å². The van der Waals surface area contributed by atoms with Gasteiger partial charge in [-0.3, -0.25) is 28.8 Å². The van der Waals surface area contributed by atoms with E-state index in [1.807, 2.05) is 150 Å². The molecule has 6 atom stereocenters. The Labute approximate surface area is 744 Å². The molecule has 0 unspecified atom stereocenters. The van der Waals surface area contributed by atoms with Crippen LogP contribution in [0.4, 0.5) is 40.7 Å². The van der Waals surface area contributed by atoms with Gasteiger partial charge in [0.1, 0.15) is 45.0 Å². The number of rotatable bonds is 40. The minimum Gasteiger partial charge on any atom is -0.497 e. The highest BCUT2D eigenvalue weighted by Crippen LogP contribution is 2.50. The van der Waals surface area contributed by atoms with Gasteiger partial charge in [0.2, 0.25) is 17.7 Å². The van der Waals surface area contributed by atoms with E-state index in [0.29, 0.717) is 142 Å². The number of alkyl halides is 6. The van der Waals surface area contributed by atoms with Gasteiger partial charge in [-0.2, -0.15) is 13.2 Å². The first-order valence-corrected chi connectivity index (χ1v) is 43.9. The lowest BCUT2D eigenvalue weighted by Gasteiger charge is -2.53. The number of likely N-dealkylation sites (tertiary alicyclic amines) is 3. The number of urea groups is 3. The van der Waals surface area contributed by atoms with Gasteiger partial charge >= 0.3 is 30.6 Å². The van der Waals surface area contributed by atoms with Gasteiger partial charge in [0.05, 0.1) is 30.8 Å². The lowest BCUT2D eigenvalue weighted by atomic mass is 9.72. The van der Waals surface area contributed by atoms with E-state index in [4.69, 9.17) is 18.9 Å². The van der Waals surface area contributed by atoms with E-state index in [9.17, 15) is 69.5 Å². The summed E-state index contributed by atoms with van der Waals surface area (Å²) in [4.78, 5) is 134. The normalized spacial score (nSPS) is 16.8. The third kappa shape index (κ3) is 25.5. The second kappa shape index (κ2) is 46.7. The molecular formula is C95H130F6N12O14. The summed E-state index contributed by atoms with van der Waals surface area (Å²) in [5.41, 5.74) is 0.192. The summed E-state index contributed by atoms with van der Waals surface area (Å²) in [5.74, 6) is 0.434. The fourth-order valence-electron chi connectivity index (χ4n) is 15.7. The molecule has 127 heavy (non-hydrogen) atoms. The van der Waals surface area contributed by atoms with Crippen molar-refractivity contribution in [2.24, 2.45) is 16.2 Å². The zero-order valence-corrected chi connectivity index (χ0v) is 77.0. The van der Waals surface area contributed by atoms with Crippen LogP contribution in [0, 0.1) is 16.2 Å². The number of nitrogens with one attached hydrogen (secondary N) is 3. The number of methoxy groups -OCH3 is 1. The molecule has 3 heterocycles. The molecule has 0 spiro atoms. The number of benzene rings is 6. The first-order chi connectivity index (χ1) is 60.2. The molecule has 3 fully saturated rings. The summed E-state index contributed by atoms with van der Waals surface area (Å²) < 4.78 is 105. The summed E-state index contributed by atoms with van der Waals surface area (Å²) >= 11 is 0. The molecular weight excluding hydrogens is 1650 g/mol. The third-order valence-corrected chi connectivity index (χ3v) is 24.0. The van der Waals surface area contributed by atoms with Gasteiger partial charge < -0.3 is 69.0 Å². The summed E-state index contributed by atoms with van der Waals surface area (Å²) in [5, 5.41) is 8.76. The maximum atomic E-state index is 13.5. The number of hydrogen-bond acceptors (Lipinski definition) is 17. The van der Waals surface area contributed by atoms with Gasteiger partial charge in [0, 0.05) is 76.1 Å². The van der Waals surface area contributed by atoms with Crippen molar-refractivity contribution in [2.75, 3.05) is 109 Å². The van der Waals surface area contributed by atoms with Gasteiger partial charge in [0.25, 0.3) is 17.7 Å². The molecule has 12 amide bonds. The monoisotopic (exact) mass is 1780 g/mol. The minimum atomic E-state index is -4.81. The molecule has 0 saturated carbocycles. The average Bonchev–Trinajstić information content (AvgIpc) is 0.727. The summed E-state index contributed by atoms with van der Waals surface area (Å²) in [6.07, 6.45) is -5.07. The lowest BCUT2D eigenvalue weighted by Crippen LogP contribution is -2.73. The molecule has 0 bridgehead atoms. The highest BCUT2D eigenvalue weighted by molar-refractivity contribution is 6.05. The predicted molar refractivity (Wildman–Crippen MR) is 474 cm³/mol. The highest BCUT2D eigenvalue weighted by atomic mass is 19.4. The maximum absolute atomic E-state index is 13.5. The Hall–Kier alpha value is -11.0. The number of hydrogen-bond donors (Lipinski definition) is 3. The maximum Gasteiger partial charge on any atom is 0.573 e. The fraction of sp³-hybridized carbons (Fsp3) is 0.526. The summed E-state index contributed by atoms with van der Waals surface area (Å²) in [6, 6.07) is 34.5. The summed E-state index contributed by atoms with van der Waals surface area (Å²) in [7, 11) is 15.1. The largest absolute Gasteiger partial charge is 0.573 e. The van der Waals surface area contributed by atoms with Crippen LogP contribution < -0.4 is 39.6 Å². The van der Waals surface area contributed by atoms with E-state index in [1.165, 1.54) is 41.3 Å². The Morgan fingerprint density at radius 2 is 0.638 bits per heavy atom. The van der Waals surface area contributed by atoms with E-state index in [1.54, 1.807) is 102 Å². The van der Waals surface area contributed by atoms with Crippen LogP contribution in [0.1, 0.15) is 225 Å². The molecule has 6 aromatic rings. The summed E-state index contributed by atoms with van der Waals surface area (Å²) in [6.45, 7) is 26.2. The molecule has 3 aliphatic heterocycles. The fourth-order valence-corrected chi connectivity index (χ4v) is 15.7. The van der Waals surface area contributed by atoms with Crippen molar-refractivity contribution in [3.8, 4) is 28.7 Å². The molecule has 3 aliphatic rings. The van der Waals surface area contributed by atoms with Crippen LogP contribution in [0.25, 0.3) is 0 Å². The van der Waals surface area contributed by atoms with Gasteiger partial charge in [-0.15, -0.1) is 13.2 Å². The average molecular weight is 1780 g/mol. The number of halogens is 6. The van der Waals surface area contributed by atoms with E-state index < -0.39 is 83.2 Å². The van der Waals surface area contributed by atoms with Crippen LogP contribution in [0.2, 0.25) is 0 Å². The molecule has 3 N–H and O–H groups in total. The van der Waals surface area contributed by atoms with Crippen LogP contribution in [0.15, 0.2) is 146 Å². The molecule has 0 aromatic heterocycles. The van der Waals surface area contributed by atoms with E-state index in [2.05, 4.69) is 27.6 Å². The van der Waals surface area contributed by atoms with Crippen LogP contribution in [-0.2, 0) is 20.6 Å². The molecule has 6 aromatic carbocycles. The number of ether oxygens (including phenoxy) is 5. The number of nitrogens with zero attached hydrogens (tertiary/aromatic N) is 9. The molecule has 3 saturated heterocycles. The molecule has 0 radical (unpaired) electrons. The van der Waals surface area contributed by atoms with Crippen LogP contribution in [-0.4, -0.2) is 231 Å². The SMILES string of the molecule is CCC[C@@H](NC(=O)N1C(=O)C(CC)(CC)[C@@H]1Oc1ccc(C(=O)N(C)CCN(C)C)cc1)c1ccc(OC)cc1.CCC[C@@H](NC(=O)N1C(=O)C(CC)(CC)[C@@H]1Oc1ccc(C(=O)N(CC)CCN(C)C)cc1)c1ccc(C(F)(F)F)cc1.CCC[C@@H](NC(=O)N1C(=O)C(CC)(CC)[C@@H]1Oc1ccc(C(=O)N(CC)CCN(C)C)cc1)c1ccc(OC(F)(F)F)cc1. The number of β-lactam (4-membered cyclic amide) rings is 3. The molecule has 0 aliphatic carbocycles. The number of carbonyl (C=O) groups is 9. The molecule has 696 valence electrons. The van der Waals surface area contributed by atoms with Gasteiger partial charge in [-0.05, 0) is 240 Å². The van der Waals surface area contributed by atoms with E-state index in [-0.39, 0.29) is 47.2 Å². The smallest absolute Gasteiger partial charge is 0.497 e. The van der Waals surface area contributed by atoms with Crippen LogP contribution in [0.5, 0.6) is 28.7 Å². The number of imide groups is 3. The Balaban J connectivity index is 0.000000261. The molecule has 32 heteroatoms. The standard InChI is InChI=1S/C32H43F3N4O5.C32H43F3N4O4.C31H44N4O5/c1-7-11-26(22-12-18-25(19-13-22)44-32(33,34)35)36-30(42)39-28(41)31(8-2,9-3)29(39)43-24-16-14-23(15-17-24)27(40)38(10-4)21-20-37(5)6;1-7-11-26(22-12-16-24(17-13-22)32(33,34)35)36-30(42)39-28(41)31(8-2,9-3)29(39)43-25-18-14-23(15-19-25)27(40)38(10-4)21-20-37(5)6;1-8-11-26(22-12-16-24(39-7)17-13-22)32-30(38)35-28(37)31(9-2,10-3)29(35)40-25-18-14-23(15-19-25)27(36)34(6)21-20-33(4)5/h12-19,26,29H,7-11,20-21H2,1-6H3,(H,36,42);12-19,26,29H,7-11,20-21H2,1-6H3,(H,36,42);12-19,26,29H,8-11,20-21H2,1-7H3,(H,32,38)/t3*26-,29+/m111/s1. The quantitative estimate of drug-likeness (QED) is 0.0238. The third-order valence-electron chi connectivity index (χ3n) is 24.0. The highest BCUT2D eigenvalue weighted by Gasteiger charge is 2.65.